The van der Waals surface area contributed by atoms with Gasteiger partial charge in [0, 0.05) is 43.3 Å². The molecule has 1 aliphatic rings. The van der Waals surface area contributed by atoms with Crippen molar-refractivity contribution in [3.05, 3.63) is 30.3 Å². The Bertz CT molecular complexity index is 522. The highest BCUT2D eigenvalue weighted by Crippen LogP contribution is 2.16. The summed E-state index contributed by atoms with van der Waals surface area (Å²) in [5.41, 5.74) is 0. The first-order valence-corrected chi connectivity index (χ1v) is 9.52. The van der Waals surface area contributed by atoms with Crippen molar-refractivity contribution in [3.8, 4) is 0 Å². The van der Waals surface area contributed by atoms with Gasteiger partial charge in [0.1, 0.15) is 0 Å². The van der Waals surface area contributed by atoms with Crippen LogP contribution >= 0.6 is 0 Å². The standard InChI is InChI=1S/C17H27N3O2S/c1-3-18-17(20-11-9-15(13-20)14-22-2)19-10-12-23(21)16-7-5-4-6-8-16/h4-8,15H,3,9-14H2,1-2H3,(H,18,19). The van der Waals surface area contributed by atoms with Gasteiger partial charge in [0.05, 0.1) is 24.0 Å². The lowest BCUT2D eigenvalue weighted by Gasteiger charge is -2.21. The molecule has 1 saturated heterocycles. The molecule has 1 aromatic carbocycles. The fourth-order valence-corrected chi connectivity index (χ4v) is 3.70. The van der Waals surface area contributed by atoms with Crippen LogP contribution in [0, 0.1) is 5.92 Å². The van der Waals surface area contributed by atoms with Crippen LogP contribution < -0.4 is 5.32 Å². The molecule has 6 heteroatoms. The van der Waals surface area contributed by atoms with E-state index in [1.807, 2.05) is 30.3 Å². The van der Waals surface area contributed by atoms with Gasteiger partial charge >= 0.3 is 0 Å². The van der Waals surface area contributed by atoms with Crippen molar-refractivity contribution in [1.29, 1.82) is 0 Å². The molecule has 0 aliphatic carbocycles. The zero-order valence-electron chi connectivity index (χ0n) is 14.0. The van der Waals surface area contributed by atoms with E-state index < -0.39 is 10.8 Å². The Morgan fingerprint density at radius 2 is 2.22 bits per heavy atom. The number of ether oxygens (including phenoxy) is 1. The summed E-state index contributed by atoms with van der Waals surface area (Å²) in [5, 5.41) is 3.34. The normalized spacial score (nSPS) is 19.8. The average molecular weight is 337 g/mol. The molecule has 1 aliphatic heterocycles. The first kappa shape index (κ1) is 17.9. The summed E-state index contributed by atoms with van der Waals surface area (Å²) in [6.07, 6.45) is 1.13. The number of nitrogens with one attached hydrogen (secondary N) is 1. The fraction of sp³-hybridized carbons (Fsp3) is 0.588. The fourth-order valence-electron chi connectivity index (χ4n) is 2.75. The van der Waals surface area contributed by atoms with E-state index in [2.05, 4.69) is 22.1 Å². The summed E-state index contributed by atoms with van der Waals surface area (Å²) in [6.45, 7) is 6.25. The van der Waals surface area contributed by atoms with Crippen LogP contribution in [0.4, 0.5) is 0 Å². The number of nitrogens with zero attached hydrogens (tertiary/aromatic N) is 2. The molecule has 23 heavy (non-hydrogen) atoms. The SMILES string of the molecule is CCNC(=NCCS(=O)c1ccccc1)N1CCC(COC)C1. The number of hydrogen-bond acceptors (Lipinski definition) is 3. The van der Waals surface area contributed by atoms with Crippen LogP contribution in [-0.4, -0.2) is 60.7 Å². The molecule has 0 spiro atoms. The molecule has 0 aromatic heterocycles. The van der Waals surface area contributed by atoms with E-state index in [1.165, 1.54) is 0 Å². The predicted octanol–water partition coefficient (Wildman–Crippen LogP) is 1.73. The highest BCUT2D eigenvalue weighted by molar-refractivity contribution is 7.85. The zero-order valence-corrected chi connectivity index (χ0v) is 14.8. The smallest absolute Gasteiger partial charge is 0.193 e. The molecule has 5 nitrogen and oxygen atoms in total. The second kappa shape index (κ2) is 9.67. The number of likely N-dealkylation sites (tertiary alicyclic amines) is 1. The zero-order chi connectivity index (χ0) is 16.5. The van der Waals surface area contributed by atoms with Gasteiger partial charge in [-0.3, -0.25) is 9.20 Å². The maximum absolute atomic E-state index is 12.2. The third-order valence-corrected chi connectivity index (χ3v) is 5.22. The molecule has 0 radical (unpaired) electrons. The van der Waals surface area contributed by atoms with Gasteiger partial charge < -0.3 is 15.0 Å². The highest BCUT2D eigenvalue weighted by Gasteiger charge is 2.24. The Morgan fingerprint density at radius 3 is 2.91 bits per heavy atom. The number of aliphatic imine (C=N–C) groups is 1. The molecule has 1 aromatic rings. The van der Waals surface area contributed by atoms with Gasteiger partial charge in [0.25, 0.3) is 0 Å². The maximum Gasteiger partial charge on any atom is 0.193 e. The second-order valence-electron chi connectivity index (χ2n) is 5.65. The Labute approximate surface area is 141 Å². The lowest BCUT2D eigenvalue weighted by molar-refractivity contribution is 0.157. The van der Waals surface area contributed by atoms with Gasteiger partial charge in [-0.25, -0.2) is 0 Å². The van der Waals surface area contributed by atoms with Crippen LogP contribution in [0.1, 0.15) is 13.3 Å². The van der Waals surface area contributed by atoms with E-state index in [1.54, 1.807) is 7.11 Å². The predicted molar refractivity (Wildman–Crippen MR) is 95.3 cm³/mol. The minimum Gasteiger partial charge on any atom is -0.384 e. The van der Waals surface area contributed by atoms with Crippen molar-refractivity contribution in [1.82, 2.24) is 10.2 Å². The summed E-state index contributed by atoms with van der Waals surface area (Å²) in [7, 11) is 0.762. The molecule has 0 saturated carbocycles. The van der Waals surface area contributed by atoms with E-state index >= 15 is 0 Å². The lowest BCUT2D eigenvalue weighted by Crippen LogP contribution is -2.40. The Kier molecular flexibility index (Phi) is 7.55. The van der Waals surface area contributed by atoms with Gasteiger partial charge in [-0.05, 0) is 25.5 Å². The molecule has 0 bridgehead atoms. The monoisotopic (exact) mass is 337 g/mol. The van der Waals surface area contributed by atoms with Crippen molar-refractivity contribution in [2.45, 2.75) is 18.2 Å². The molecule has 0 amide bonds. The summed E-state index contributed by atoms with van der Waals surface area (Å²) in [5.74, 6) is 2.05. The molecule has 1 N–H and O–H groups in total. The quantitative estimate of drug-likeness (QED) is 0.608. The van der Waals surface area contributed by atoms with Gasteiger partial charge in [0.2, 0.25) is 0 Å². The number of guanidine groups is 1. The molecule has 2 unspecified atom stereocenters. The van der Waals surface area contributed by atoms with Crippen molar-refractivity contribution < 1.29 is 8.95 Å². The average Bonchev–Trinajstić information content (AvgIpc) is 3.03. The Hall–Kier alpha value is -1.40. The summed E-state index contributed by atoms with van der Waals surface area (Å²) < 4.78 is 17.5. The lowest BCUT2D eigenvalue weighted by atomic mass is 10.1. The third-order valence-electron chi connectivity index (χ3n) is 3.87. The first-order chi connectivity index (χ1) is 11.2. The summed E-state index contributed by atoms with van der Waals surface area (Å²) in [6, 6.07) is 9.58. The minimum atomic E-state index is -0.989. The third kappa shape index (κ3) is 5.62. The van der Waals surface area contributed by atoms with Crippen molar-refractivity contribution >= 4 is 16.8 Å². The number of methoxy groups -OCH3 is 1. The van der Waals surface area contributed by atoms with E-state index in [0.29, 0.717) is 18.2 Å². The maximum atomic E-state index is 12.2. The molecule has 2 atom stereocenters. The summed E-state index contributed by atoms with van der Waals surface area (Å²) >= 11 is 0. The van der Waals surface area contributed by atoms with Crippen LogP contribution in [0.5, 0.6) is 0 Å². The van der Waals surface area contributed by atoms with E-state index in [4.69, 9.17) is 4.74 Å². The van der Waals surface area contributed by atoms with Gasteiger partial charge in [-0.1, -0.05) is 18.2 Å². The van der Waals surface area contributed by atoms with Crippen molar-refractivity contribution in [2.24, 2.45) is 10.9 Å². The molecular weight excluding hydrogens is 310 g/mol. The highest BCUT2D eigenvalue weighted by atomic mass is 32.2. The van der Waals surface area contributed by atoms with Gasteiger partial charge in [-0.15, -0.1) is 0 Å². The first-order valence-electron chi connectivity index (χ1n) is 8.20. The number of benzene rings is 1. The molecule has 2 rings (SSSR count). The Morgan fingerprint density at radius 1 is 1.43 bits per heavy atom. The number of hydrogen-bond donors (Lipinski definition) is 1. The van der Waals surface area contributed by atoms with Gasteiger partial charge in [0.15, 0.2) is 5.96 Å². The van der Waals surface area contributed by atoms with Crippen LogP contribution in [0.2, 0.25) is 0 Å². The van der Waals surface area contributed by atoms with Crippen LogP contribution in [0.15, 0.2) is 40.2 Å². The van der Waals surface area contributed by atoms with E-state index in [-0.39, 0.29) is 0 Å². The second-order valence-corrected chi connectivity index (χ2v) is 7.23. The van der Waals surface area contributed by atoms with E-state index in [0.717, 1.165) is 43.5 Å². The van der Waals surface area contributed by atoms with Crippen LogP contribution in [0.3, 0.4) is 0 Å². The van der Waals surface area contributed by atoms with E-state index in [9.17, 15) is 4.21 Å². The number of rotatable bonds is 7. The van der Waals surface area contributed by atoms with Crippen LogP contribution in [0.25, 0.3) is 0 Å². The van der Waals surface area contributed by atoms with Crippen molar-refractivity contribution in [3.63, 3.8) is 0 Å². The van der Waals surface area contributed by atoms with Crippen molar-refractivity contribution in [2.75, 3.05) is 45.6 Å². The summed E-state index contributed by atoms with van der Waals surface area (Å²) in [4.78, 5) is 7.80. The van der Waals surface area contributed by atoms with Gasteiger partial charge in [-0.2, -0.15) is 0 Å². The topological polar surface area (TPSA) is 53.9 Å². The molecule has 1 heterocycles. The molecule has 1 fully saturated rings. The molecular formula is C17H27N3O2S. The largest absolute Gasteiger partial charge is 0.384 e. The molecule has 128 valence electrons. The Balaban J connectivity index is 1.88. The minimum absolute atomic E-state index is 0.550. The van der Waals surface area contributed by atoms with Crippen LogP contribution in [-0.2, 0) is 15.5 Å².